The molecule has 0 aliphatic carbocycles. The number of nitrogens with one attached hydrogen (secondary N) is 1. The molecule has 10 heteroatoms. The van der Waals surface area contributed by atoms with Gasteiger partial charge in [-0.05, 0) is 62.0 Å². The molecule has 0 bridgehead atoms. The first-order valence-electron chi connectivity index (χ1n) is 9.55. The van der Waals surface area contributed by atoms with Gasteiger partial charge in [0.15, 0.2) is 22.7 Å². The van der Waals surface area contributed by atoms with Crippen LogP contribution in [0.5, 0.6) is 11.5 Å². The molecule has 2 N–H and O–H groups in total. The first-order chi connectivity index (χ1) is 15.2. The van der Waals surface area contributed by atoms with Gasteiger partial charge in [0.05, 0.1) is 12.3 Å². The number of aliphatic carboxylic acids is 1. The maximum absolute atomic E-state index is 14.3. The van der Waals surface area contributed by atoms with Crippen molar-refractivity contribution in [3.05, 3.63) is 59.4 Å². The van der Waals surface area contributed by atoms with Crippen LogP contribution in [0.3, 0.4) is 0 Å². The summed E-state index contributed by atoms with van der Waals surface area (Å²) in [4.78, 5) is 37.5. The van der Waals surface area contributed by atoms with Gasteiger partial charge in [0, 0.05) is 0 Å². The predicted octanol–water partition coefficient (Wildman–Crippen LogP) is 2.91. The van der Waals surface area contributed by atoms with E-state index in [0.717, 1.165) is 4.90 Å². The van der Waals surface area contributed by atoms with Crippen LogP contribution < -0.4 is 19.7 Å². The van der Waals surface area contributed by atoms with Gasteiger partial charge < -0.3 is 14.6 Å². The normalized spacial score (nSPS) is 16.0. The fraction of sp³-hybridized carbons (Fsp3) is 0.182. The maximum atomic E-state index is 14.3. The van der Waals surface area contributed by atoms with Gasteiger partial charge in [-0.25, -0.2) is 14.1 Å². The van der Waals surface area contributed by atoms with E-state index in [4.69, 9.17) is 26.8 Å². The van der Waals surface area contributed by atoms with Gasteiger partial charge in [-0.2, -0.15) is 0 Å². The summed E-state index contributed by atoms with van der Waals surface area (Å²) < 4.78 is 25.2. The van der Waals surface area contributed by atoms with Crippen molar-refractivity contribution in [3.63, 3.8) is 0 Å². The minimum Gasteiger partial charge on any atom is -0.490 e. The Kier molecular flexibility index (Phi) is 6.84. The zero-order valence-corrected chi connectivity index (χ0v) is 17.9. The van der Waals surface area contributed by atoms with Gasteiger partial charge in [-0.15, -0.1) is 0 Å². The van der Waals surface area contributed by atoms with Crippen molar-refractivity contribution >= 4 is 46.9 Å². The number of thiocarbonyl (C=S) groups is 1. The predicted molar refractivity (Wildman–Crippen MR) is 118 cm³/mol. The third-order valence-corrected chi connectivity index (χ3v) is 4.71. The largest absolute Gasteiger partial charge is 0.490 e. The molecule has 2 aromatic rings. The number of carbonyl (C=O) groups is 3. The summed E-state index contributed by atoms with van der Waals surface area (Å²) >= 11 is 5.07. The monoisotopic (exact) mass is 458 g/mol. The van der Waals surface area contributed by atoms with E-state index >= 15 is 0 Å². The molecule has 2 amide bonds. The Labute approximate surface area is 188 Å². The molecule has 166 valence electrons. The van der Waals surface area contributed by atoms with Crippen molar-refractivity contribution in [1.29, 1.82) is 0 Å². The number of carboxylic acid groups (broad SMARTS) is 1. The summed E-state index contributed by atoms with van der Waals surface area (Å²) in [7, 11) is 0. The second kappa shape index (κ2) is 9.56. The molecule has 0 radical (unpaired) electrons. The number of benzene rings is 2. The Balaban J connectivity index is 1.98. The van der Waals surface area contributed by atoms with Crippen LogP contribution in [0.2, 0.25) is 0 Å². The Morgan fingerprint density at radius 3 is 2.62 bits per heavy atom. The van der Waals surface area contributed by atoms with Crippen molar-refractivity contribution in [2.75, 3.05) is 11.5 Å². The lowest BCUT2D eigenvalue weighted by atomic mass is 10.1. The molecule has 1 fully saturated rings. The highest BCUT2D eigenvalue weighted by atomic mass is 32.1. The smallest absolute Gasteiger partial charge is 0.344 e. The number of carboxylic acids is 1. The van der Waals surface area contributed by atoms with Crippen LogP contribution in [0, 0.1) is 5.82 Å². The quantitative estimate of drug-likeness (QED) is 0.373. The minimum atomic E-state index is -1.15. The van der Waals surface area contributed by atoms with E-state index in [-0.39, 0.29) is 34.5 Å². The minimum absolute atomic E-state index is 0.0881. The molecule has 0 saturated carbocycles. The van der Waals surface area contributed by atoms with E-state index in [0.29, 0.717) is 5.56 Å². The molecular weight excluding hydrogens is 439 g/mol. The zero-order valence-electron chi connectivity index (χ0n) is 17.1. The third kappa shape index (κ3) is 4.75. The molecule has 32 heavy (non-hydrogen) atoms. The van der Waals surface area contributed by atoms with Crippen LogP contribution in [0.15, 0.2) is 48.0 Å². The second-order valence-corrected chi connectivity index (χ2v) is 7.03. The molecule has 8 nitrogen and oxygen atoms in total. The molecule has 3 rings (SSSR count). The molecule has 0 aromatic heterocycles. The lowest BCUT2D eigenvalue weighted by Crippen LogP contribution is -2.54. The van der Waals surface area contributed by atoms with Crippen molar-refractivity contribution in [2.45, 2.75) is 20.0 Å². The maximum Gasteiger partial charge on any atom is 0.344 e. The number of para-hydroxylation sites is 1. The number of anilines is 1. The number of halogens is 1. The van der Waals surface area contributed by atoms with Crippen LogP contribution in [-0.2, 0) is 14.4 Å². The fourth-order valence-corrected chi connectivity index (χ4v) is 3.17. The van der Waals surface area contributed by atoms with E-state index in [1.807, 2.05) is 0 Å². The average molecular weight is 458 g/mol. The van der Waals surface area contributed by atoms with Crippen LogP contribution in [-0.4, -0.2) is 40.7 Å². The lowest BCUT2D eigenvalue weighted by Gasteiger charge is -2.29. The van der Waals surface area contributed by atoms with Crippen molar-refractivity contribution in [1.82, 2.24) is 5.32 Å². The molecule has 1 heterocycles. The summed E-state index contributed by atoms with van der Waals surface area (Å²) in [6.07, 6.45) is 0.194. The zero-order chi connectivity index (χ0) is 23.4. The van der Waals surface area contributed by atoms with Gasteiger partial charge in [-0.3, -0.25) is 14.9 Å². The van der Waals surface area contributed by atoms with E-state index < -0.39 is 29.7 Å². The summed E-state index contributed by atoms with van der Waals surface area (Å²) in [5.74, 6) is -2.91. The van der Waals surface area contributed by atoms with Gasteiger partial charge in [0.1, 0.15) is 11.4 Å². The summed E-state index contributed by atoms with van der Waals surface area (Å²) in [6, 6.07) is 10.1. The van der Waals surface area contributed by atoms with Gasteiger partial charge in [0.2, 0.25) is 0 Å². The first kappa shape index (κ1) is 22.9. The van der Waals surface area contributed by atoms with E-state index in [1.165, 1.54) is 49.4 Å². The molecular formula is C22H19FN2O6S. The van der Waals surface area contributed by atoms with Gasteiger partial charge in [-0.1, -0.05) is 18.2 Å². The Hall–Kier alpha value is -3.79. The first-order valence-corrected chi connectivity index (χ1v) is 9.96. The lowest BCUT2D eigenvalue weighted by molar-refractivity contribution is -0.144. The number of nitrogens with zero attached hydrogens (tertiary/aromatic N) is 1. The number of ether oxygens (including phenoxy) is 2. The van der Waals surface area contributed by atoms with Crippen molar-refractivity contribution < 1.29 is 33.4 Å². The van der Waals surface area contributed by atoms with E-state index in [9.17, 15) is 18.8 Å². The Morgan fingerprint density at radius 1 is 1.25 bits per heavy atom. The third-order valence-electron chi connectivity index (χ3n) is 4.43. The highest BCUT2D eigenvalue weighted by molar-refractivity contribution is 7.80. The molecule has 0 spiro atoms. The van der Waals surface area contributed by atoms with Crippen LogP contribution in [0.4, 0.5) is 10.1 Å². The molecule has 1 aliphatic rings. The molecule has 1 aliphatic heterocycles. The Morgan fingerprint density at radius 2 is 1.97 bits per heavy atom. The number of hydrogen-bond donors (Lipinski definition) is 2. The van der Waals surface area contributed by atoms with E-state index in [1.54, 1.807) is 13.0 Å². The van der Waals surface area contributed by atoms with Crippen LogP contribution >= 0.6 is 12.2 Å². The molecule has 1 saturated heterocycles. The second-order valence-electron chi connectivity index (χ2n) is 6.65. The molecule has 2 aromatic carbocycles. The van der Waals surface area contributed by atoms with E-state index in [2.05, 4.69) is 5.32 Å². The topological polar surface area (TPSA) is 105 Å². The highest BCUT2D eigenvalue weighted by Gasteiger charge is 2.35. The number of hydrogen-bond acceptors (Lipinski definition) is 6. The van der Waals surface area contributed by atoms with Crippen LogP contribution in [0.25, 0.3) is 6.08 Å². The van der Waals surface area contributed by atoms with Crippen molar-refractivity contribution in [2.24, 2.45) is 0 Å². The number of carbonyl (C=O) groups excluding carboxylic acids is 2. The SMILES string of the molecule is CCOc1cc(/C=C2\C(=O)NC(=S)N(c3ccccc3F)C2=O)ccc1O[C@@H](C)C(=O)O. The number of amides is 2. The molecule has 0 unspecified atom stereocenters. The fourth-order valence-electron chi connectivity index (χ4n) is 2.90. The Bertz CT molecular complexity index is 1130. The number of rotatable bonds is 7. The van der Waals surface area contributed by atoms with Gasteiger partial charge in [0.25, 0.3) is 11.8 Å². The average Bonchev–Trinajstić information content (AvgIpc) is 2.74. The molecule has 1 atom stereocenters. The summed E-state index contributed by atoms with van der Waals surface area (Å²) in [5.41, 5.74) is 0.0512. The van der Waals surface area contributed by atoms with Gasteiger partial charge >= 0.3 is 5.97 Å². The summed E-state index contributed by atoms with van der Waals surface area (Å²) in [6.45, 7) is 3.38. The highest BCUT2D eigenvalue weighted by Crippen LogP contribution is 2.31. The summed E-state index contributed by atoms with van der Waals surface area (Å²) in [5, 5.41) is 11.2. The standard InChI is InChI=1S/C22H19FN2O6S/c1-3-30-18-11-13(8-9-17(18)31-12(2)21(28)29)10-14-19(26)24-22(32)25(20(14)27)16-7-5-4-6-15(16)23/h4-12H,3H2,1-2H3,(H,28,29)(H,24,26,32)/b14-10+/t12-/m0/s1. The van der Waals surface area contributed by atoms with Crippen LogP contribution in [0.1, 0.15) is 19.4 Å². The van der Waals surface area contributed by atoms with Crippen molar-refractivity contribution in [3.8, 4) is 11.5 Å².